The molecule has 4 nitrogen and oxygen atoms in total. The molecule has 18 heavy (non-hydrogen) atoms. The summed E-state index contributed by atoms with van der Waals surface area (Å²) in [6.07, 6.45) is 4.99. The third-order valence-corrected chi connectivity index (χ3v) is 4.76. The predicted octanol–water partition coefficient (Wildman–Crippen LogP) is 2.14. The van der Waals surface area contributed by atoms with Gasteiger partial charge in [-0.05, 0) is 44.9 Å². The Morgan fingerprint density at radius 2 is 1.94 bits per heavy atom. The number of aliphatic hydroxyl groups excluding tert-OH is 1. The standard InChI is InChI=1S/C14H18O4/c1-8(7-15)13(17)18-14-4-9-2-10(5-14)12(16)11(3-9)6-14/h7,9-11,15H,2-6H2,1H3/b8-7+. The first-order valence-electron chi connectivity index (χ1n) is 6.61. The maximum absolute atomic E-state index is 12.0. The summed E-state index contributed by atoms with van der Waals surface area (Å²) in [5, 5.41) is 8.84. The van der Waals surface area contributed by atoms with Crippen molar-refractivity contribution in [2.24, 2.45) is 17.8 Å². The zero-order valence-electron chi connectivity index (χ0n) is 10.5. The molecule has 4 bridgehead atoms. The molecule has 2 unspecified atom stereocenters. The van der Waals surface area contributed by atoms with Crippen LogP contribution in [0.2, 0.25) is 0 Å². The third kappa shape index (κ3) is 1.66. The van der Waals surface area contributed by atoms with Gasteiger partial charge in [0.1, 0.15) is 11.4 Å². The SMILES string of the molecule is C/C(=C\O)C(=O)OC12CC3CC(C1)C(=O)C(C3)C2. The van der Waals surface area contributed by atoms with Gasteiger partial charge in [-0.1, -0.05) is 0 Å². The average molecular weight is 250 g/mol. The largest absolute Gasteiger partial charge is 0.515 e. The summed E-state index contributed by atoms with van der Waals surface area (Å²) in [4.78, 5) is 23.8. The van der Waals surface area contributed by atoms with Gasteiger partial charge in [0.25, 0.3) is 0 Å². The molecule has 0 saturated heterocycles. The normalized spacial score (nSPS) is 42.2. The van der Waals surface area contributed by atoms with Crippen LogP contribution in [0.25, 0.3) is 0 Å². The molecule has 4 fully saturated rings. The first-order valence-corrected chi connectivity index (χ1v) is 6.61. The molecule has 98 valence electrons. The topological polar surface area (TPSA) is 63.6 Å². The van der Waals surface area contributed by atoms with Gasteiger partial charge in [0.15, 0.2) is 0 Å². The van der Waals surface area contributed by atoms with Crippen molar-refractivity contribution in [2.45, 2.75) is 44.6 Å². The van der Waals surface area contributed by atoms with Crippen molar-refractivity contribution in [1.82, 2.24) is 0 Å². The van der Waals surface area contributed by atoms with E-state index >= 15 is 0 Å². The Hall–Kier alpha value is -1.32. The minimum absolute atomic E-state index is 0.0995. The molecule has 2 atom stereocenters. The number of carbonyl (C=O) groups excluding carboxylic acids is 2. The summed E-state index contributed by atoms with van der Waals surface area (Å²) in [5.41, 5.74) is -0.219. The molecular weight excluding hydrogens is 232 g/mol. The number of Topliss-reactive ketones (excluding diaryl/α,β-unsaturated/α-hetero) is 1. The summed E-state index contributed by atoms with van der Waals surface area (Å²) in [5.74, 6) is 0.662. The van der Waals surface area contributed by atoms with Gasteiger partial charge in [-0.3, -0.25) is 4.79 Å². The van der Waals surface area contributed by atoms with Crippen LogP contribution in [0.5, 0.6) is 0 Å². The van der Waals surface area contributed by atoms with Crippen LogP contribution in [0, 0.1) is 17.8 Å². The molecule has 0 amide bonds. The minimum Gasteiger partial charge on any atom is -0.515 e. The van der Waals surface area contributed by atoms with Gasteiger partial charge in [-0.2, -0.15) is 0 Å². The first kappa shape index (κ1) is 11.8. The number of ether oxygens (including phenoxy) is 1. The van der Waals surface area contributed by atoms with Gasteiger partial charge >= 0.3 is 5.97 Å². The Bertz CT molecular complexity index is 419. The van der Waals surface area contributed by atoms with Crippen molar-refractivity contribution >= 4 is 11.8 Å². The summed E-state index contributed by atoms with van der Waals surface area (Å²) < 4.78 is 5.63. The Balaban J connectivity index is 1.80. The quantitative estimate of drug-likeness (QED) is 0.463. The zero-order chi connectivity index (χ0) is 12.9. The second-order valence-electron chi connectivity index (χ2n) is 6.13. The van der Waals surface area contributed by atoms with Gasteiger partial charge in [-0.15, -0.1) is 0 Å². The van der Waals surface area contributed by atoms with Crippen LogP contribution in [0.1, 0.15) is 39.0 Å². The molecule has 0 aromatic heterocycles. The van der Waals surface area contributed by atoms with Crippen LogP contribution in [-0.2, 0) is 14.3 Å². The lowest BCUT2D eigenvalue weighted by Crippen LogP contribution is -2.56. The monoisotopic (exact) mass is 250 g/mol. The van der Waals surface area contributed by atoms with Crippen LogP contribution in [-0.4, -0.2) is 22.5 Å². The van der Waals surface area contributed by atoms with E-state index in [0.717, 1.165) is 25.5 Å². The number of ketones is 1. The first-order chi connectivity index (χ1) is 8.53. The van der Waals surface area contributed by atoms with Crippen LogP contribution < -0.4 is 0 Å². The molecule has 0 aromatic carbocycles. The van der Waals surface area contributed by atoms with E-state index in [2.05, 4.69) is 0 Å². The van der Waals surface area contributed by atoms with E-state index in [1.807, 2.05) is 0 Å². The smallest absolute Gasteiger partial charge is 0.337 e. The minimum atomic E-state index is -0.452. The number of aliphatic hydroxyl groups is 1. The van der Waals surface area contributed by atoms with Crippen LogP contribution in [0.3, 0.4) is 0 Å². The molecule has 0 spiro atoms. The highest BCUT2D eigenvalue weighted by Crippen LogP contribution is 2.55. The molecule has 0 aliphatic heterocycles. The van der Waals surface area contributed by atoms with E-state index in [0.29, 0.717) is 24.5 Å². The lowest BCUT2D eigenvalue weighted by Gasteiger charge is -2.54. The predicted molar refractivity (Wildman–Crippen MR) is 63.8 cm³/mol. The molecule has 4 aliphatic carbocycles. The van der Waals surface area contributed by atoms with Crippen LogP contribution >= 0.6 is 0 Å². The molecule has 1 N–H and O–H groups in total. The summed E-state index contributed by atoms with van der Waals surface area (Å²) in [7, 11) is 0. The highest BCUT2D eigenvalue weighted by molar-refractivity contribution is 5.89. The molecule has 0 aromatic rings. The fourth-order valence-corrected chi connectivity index (χ4v) is 4.13. The van der Waals surface area contributed by atoms with Crippen LogP contribution in [0.15, 0.2) is 11.8 Å². The number of esters is 1. The number of hydrogen-bond acceptors (Lipinski definition) is 4. The van der Waals surface area contributed by atoms with Gasteiger partial charge in [0, 0.05) is 11.8 Å². The maximum atomic E-state index is 12.0. The molecule has 0 radical (unpaired) electrons. The summed E-state index contributed by atoms with van der Waals surface area (Å²) in [6, 6.07) is 0. The van der Waals surface area contributed by atoms with Gasteiger partial charge in [0.05, 0.1) is 11.8 Å². The summed E-state index contributed by atoms with van der Waals surface area (Å²) in [6.45, 7) is 1.54. The van der Waals surface area contributed by atoms with E-state index in [1.165, 1.54) is 6.92 Å². The Labute approximate surface area is 106 Å². The third-order valence-electron chi connectivity index (χ3n) is 4.76. The van der Waals surface area contributed by atoms with E-state index in [1.54, 1.807) is 0 Å². The lowest BCUT2D eigenvalue weighted by molar-refractivity contribution is -0.186. The van der Waals surface area contributed by atoms with Crippen LogP contribution in [0.4, 0.5) is 0 Å². The number of carbonyl (C=O) groups is 2. The Kier molecular flexibility index (Phi) is 2.50. The second kappa shape index (κ2) is 3.84. The van der Waals surface area contributed by atoms with Crippen molar-refractivity contribution in [1.29, 1.82) is 0 Å². The summed E-state index contributed by atoms with van der Waals surface area (Å²) >= 11 is 0. The lowest BCUT2D eigenvalue weighted by atomic mass is 9.53. The van der Waals surface area contributed by atoms with Gasteiger partial charge in [-0.25, -0.2) is 4.79 Å². The molecule has 4 aliphatic rings. The van der Waals surface area contributed by atoms with Crippen molar-refractivity contribution in [3.63, 3.8) is 0 Å². The fraction of sp³-hybridized carbons (Fsp3) is 0.714. The highest BCUT2D eigenvalue weighted by atomic mass is 16.6. The van der Waals surface area contributed by atoms with Gasteiger partial charge < -0.3 is 9.84 Å². The molecule has 4 saturated carbocycles. The molecule has 4 heteroatoms. The van der Waals surface area contributed by atoms with Crippen molar-refractivity contribution in [2.75, 3.05) is 0 Å². The molecule has 4 rings (SSSR count). The average Bonchev–Trinajstić information content (AvgIpc) is 2.33. The Morgan fingerprint density at radius 1 is 1.33 bits per heavy atom. The Morgan fingerprint density at radius 3 is 2.50 bits per heavy atom. The molecule has 0 heterocycles. The van der Waals surface area contributed by atoms with E-state index in [4.69, 9.17) is 9.84 Å². The number of hydrogen-bond donors (Lipinski definition) is 1. The fourth-order valence-electron chi connectivity index (χ4n) is 4.13. The zero-order valence-corrected chi connectivity index (χ0v) is 10.5. The van der Waals surface area contributed by atoms with Gasteiger partial charge in [0.2, 0.25) is 0 Å². The van der Waals surface area contributed by atoms with Crippen molar-refractivity contribution in [3.05, 3.63) is 11.8 Å². The van der Waals surface area contributed by atoms with E-state index < -0.39 is 11.6 Å². The highest BCUT2D eigenvalue weighted by Gasteiger charge is 2.57. The van der Waals surface area contributed by atoms with E-state index in [9.17, 15) is 9.59 Å². The van der Waals surface area contributed by atoms with Crippen molar-refractivity contribution in [3.8, 4) is 0 Å². The molecular formula is C14H18O4. The second-order valence-corrected chi connectivity index (χ2v) is 6.13. The van der Waals surface area contributed by atoms with Crippen molar-refractivity contribution < 1.29 is 19.4 Å². The maximum Gasteiger partial charge on any atom is 0.337 e. The number of rotatable bonds is 2. The van der Waals surface area contributed by atoms with E-state index in [-0.39, 0.29) is 17.4 Å².